The van der Waals surface area contributed by atoms with Crippen molar-refractivity contribution in [1.29, 1.82) is 0 Å². The summed E-state index contributed by atoms with van der Waals surface area (Å²) in [6.45, 7) is 1.87. The third kappa shape index (κ3) is 2.50. The smallest absolute Gasteiger partial charge is 0.167 e. The highest BCUT2D eigenvalue weighted by atomic mass is 32.1. The van der Waals surface area contributed by atoms with Crippen LogP contribution in [0.3, 0.4) is 0 Å². The van der Waals surface area contributed by atoms with Crippen LogP contribution in [0.4, 0.5) is 0 Å². The Morgan fingerprint density at radius 2 is 2.00 bits per heavy atom. The van der Waals surface area contributed by atoms with Gasteiger partial charge in [0.2, 0.25) is 0 Å². The van der Waals surface area contributed by atoms with E-state index in [2.05, 4.69) is 12.6 Å². The summed E-state index contributed by atoms with van der Waals surface area (Å²) in [6.07, 6.45) is 0.408. The zero-order valence-corrected chi connectivity index (χ0v) is 10.6. The lowest BCUT2D eigenvalue weighted by Gasteiger charge is -2.13. The molecule has 0 atom stereocenters. The number of thiol groups is 1. The van der Waals surface area contributed by atoms with E-state index in [1.807, 2.05) is 6.92 Å². The van der Waals surface area contributed by atoms with Gasteiger partial charge in [-0.15, -0.1) is 0 Å². The lowest BCUT2D eigenvalue weighted by molar-refractivity contribution is 0.0986. The molecular weight excluding hydrogens is 224 g/mol. The summed E-state index contributed by atoms with van der Waals surface area (Å²) in [7, 11) is 3.15. The number of Topliss-reactive ketones (excluding diaryl/α,β-unsaturated/α-hetero) is 1. The molecule has 88 valence electrons. The lowest BCUT2D eigenvalue weighted by atomic mass is 10.0. The molecule has 0 radical (unpaired) electrons. The summed E-state index contributed by atoms with van der Waals surface area (Å²) < 4.78 is 10.4. The van der Waals surface area contributed by atoms with Gasteiger partial charge in [0.05, 0.1) is 19.8 Å². The van der Waals surface area contributed by atoms with E-state index >= 15 is 0 Å². The molecule has 0 N–H and O–H groups in total. The van der Waals surface area contributed by atoms with Gasteiger partial charge >= 0.3 is 0 Å². The van der Waals surface area contributed by atoms with Crippen molar-refractivity contribution in [3.8, 4) is 11.5 Å². The lowest BCUT2D eigenvalue weighted by Crippen LogP contribution is -2.05. The molecule has 0 aliphatic carbocycles. The van der Waals surface area contributed by atoms with Gasteiger partial charge in [0.1, 0.15) is 11.5 Å². The molecule has 4 heteroatoms. The molecule has 1 rings (SSSR count). The van der Waals surface area contributed by atoms with Crippen molar-refractivity contribution in [1.82, 2.24) is 0 Å². The molecule has 0 aliphatic rings. The van der Waals surface area contributed by atoms with E-state index in [9.17, 15) is 4.79 Å². The number of methoxy groups -OCH3 is 2. The molecule has 0 spiro atoms. The van der Waals surface area contributed by atoms with E-state index < -0.39 is 0 Å². The van der Waals surface area contributed by atoms with Crippen molar-refractivity contribution < 1.29 is 14.3 Å². The number of benzene rings is 1. The fourth-order valence-corrected chi connectivity index (χ4v) is 1.82. The van der Waals surface area contributed by atoms with Gasteiger partial charge in [-0.05, 0) is 24.8 Å². The largest absolute Gasteiger partial charge is 0.496 e. The Morgan fingerprint density at radius 1 is 1.31 bits per heavy atom. The molecule has 0 saturated heterocycles. The van der Waals surface area contributed by atoms with Crippen LogP contribution in [-0.4, -0.2) is 25.8 Å². The third-order valence-corrected chi connectivity index (χ3v) is 2.64. The van der Waals surface area contributed by atoms with Gasteiger partial charge in [0.15, 0.2) is 5.78 Å². The van der Waals surface area contributed by atoms with Crippen molar-refractivity contribution in [2.24, 2.45) is 0 Å². The molecule has 0 saturated carbocycles. The number of hydrogen-bond acceptors (Lipinski definition) is 4. The van der Waals surface area contributed by atoms with Crippen LogP contribution in [-0.2, 0) is 0 Å². The summed E-state index contributed by atoms with van der Waals surface area (Å²) in [4.78, 5) is 11.8. The molecule has 0 aliphatic heterocycles. The topological polar surface area (TPSA) is 35.5 Å². The maximum atomic E-state index is 11.8. The van der Waals surface area contributed by atoms with Gasteiger partial charge in [-0.3, -0.25) is 4.79 Å². The Kier molecular flexibility index (Phi) is 4.68. The Hall–Kier alpha value is -1.16. The minimum absolute atomic E-state index is 0.0394. The van der Waals surface area contributed by atoms with Crippen molar-refractivity contribution in [2.75, 3.05) is 20.0 Å². The highest BCUT2D eigenvalue weighted by molar-refractivity contribution is 7.80. The van der Waals surface area contributed by atoms with E-state index in [0.717, 1.165) is 11.3 Å². The van der Waals surface area contributed by atoms with E-state index in [0.29, 0.717) is 23.5 Å². The highest BCUT2D eigenvalue weighted by Gasteiger charge is 2.16. The average Bonchev–Trinajstić information content (AvgIpc) is 2.28. The molecule has 16 heavy (non-hydrogen) atoms. The summed E-state index contributed by atoms with van der Waals surface area (Å²) in [5.41, 5.74) is 1.44. The highest BCUT2D eigenvalue weighted by Crippen LogP contribution is 2.31. The Morgan fingerprint density at radius 3 is 2.50 bits per heavy atom. The molecule has 0 amide bonds. The molecule has 0 bridgehead atoms. The van der Waals surface area contributed by atoms with Crippen LogP contribution in [0, 0.1) is 6.92 Å². The van der Waals surface area contributed by atoms with Gasteiger partial charge in [0, 0.05) is 12.0 Å². The van der Waals surface area contributed by atoms with Gasteiger partial charge in [-0.1, -0.05) is 0 Å². The standard InChI is InChI=1S/C12H16O3S/c1-8-11(14-2)5-4-9(12(8)15-3)10(13)6-7-16/h4-5,16H,6-7H2,1-3H3. The summed E-state index contributed by atoms with van der Waals surface area (Å²) in [6, 6.07) is 3.51. The molecule has 0 unspecified atom stereocenters. The van der Waals surface area contributed by atoms with Gasteiger partial charge < -0.3 is 9.47 Å². The van der Waals surface area contributed by atoms with Crippen LogP contribution in [0.5, 0.6) is 11.5 Å². The summed E-state index contributed by atoms with van der Waals surface area (Å²) in [5, 5.41) is 0. The minimum atomic E-state index is 0.0394. The van der Waals surface area contributed by atoms with Gasteiger partial charge in [-0.25, -0.2) is 0 Å². The van der Waals surface area contributed by atoms with Crippen LogP contribution in [0.1, 0.15) is 22.3 Å². The first-order valence-electron chi connectivity index (χ1n) is 5.01. The Labute approximate surface area is 101 Å². The normalized spacial score (nSPS) is 10.0. The van der Waals surface area contributed by atoms with Crippen molar-refractivity contribution in [2.45, 2.75) is 13.3 Å². The van der Waals surface area contributed by atoms with Crippen LogP contribution >= 0.6 is 12.6 Å². The number of carbonyl (C=O) groups is 1. The van der Waals surface area contributed by atoms with E-state index in [1.54, 1.807) is 26.4 Å². The number of ether oxygens (including phenoxy) is 2. The second-order valence-corrected chi connectivity index (χ2v) is 3.82. The molecule has 1 aromatic carbocycles. The van der Waals surface area contributed by atoms with E-state index in [-0.39, 0.29) is 5.78 Å². The predicted molar refractivity (Wildman–Crippen MR) is 67.1 cm³/mol. The third-order valence-electron chi connectivity index (χ3n) is 2.42. The second-order valence-electron chi connectivity index (χ2n) is 3.37. The van der Waals surface area contributed by atoms with Crippen molar-refractivity contribution in [3.05, 3.63) is 23.3 Å². The van der Waals surface area contributed by atoms with E-state index in [4.69, 9.17) is 9.47 Å². The number of rotatable bonds is 5. The maximum absolute atomic E-state index is 11.8. The zero-order chi connectivity index (χ0) is 12.1. The summed E-state index contributed by atoms with van der Waals surface area (Å²) >= 11 is 4.05. The predicted octanol–water partition coefficient (Wildman–Crippen LogP) is 2.51. The van der Waals surface area contributed by atoms with Crippen LogP contribution < -0.4 is 9.47 Å². The van der Waals surface area contributed by atoms with Gasteiger partial charge in [0.25, 0.3) is 0 Å². The first kappa shape index (κ1) is 12.9. The number of hydrogen-bond donors (Lipinski definition) is 1. The first-order chi connectivity index (χ1) is 7.65. The molecule has 1 aromatic rings. The Balaban J connectivity index is 3.20. The number of ketones is 1. The van der Waals surface area contributed by atoms with Gasteiger partial charge in [-0.2, -0.15) is 12.6 Å². The average molecular weight is 240 g/mol. The van der Waals surface area contributed by atoms with Crippen LogP contribution in [0.2, 0.25) is 0 Å². The maximum Gasteiger partial charge on any atom is 0.167 e. The Bertz CT molecular complexity index is 388. The summed E-state index contributed by atoms with van der Waals surface area (Å²) in [5.74, 6) is 1.88. The molecule has 0 heterocycles. The second kappa shape index (κ2) is 5.80. The fraction of sp³-hybridized carbons (Fsp3) is 0.417. The van der Waals surface area contributed by atoms with Crippen molar-refractivity contribution >= 4 is 18.4 Å². The molecule has 0 aromatic heterocycles. The monoisotopic (exact) mass is 240 g/mol. The van der Waals surface area contributed by atoms with Crippen LogP contribution in [0.15, 0.2) is 12.1 Å². The fourth-order valence-electron chi connectivity index (χ4n) is 1.61. The quantitative estimate of drug-likeness (QED) is 0.634. The number of carbonyl (C=O) groups excluding carboxylic acids is 1. The molecule has 0 fully saturated rings. The minimum Gasteiger partial charge on any atom is -0.496 e. The first-order valence-corrected chi connectivity index (χ1v) is 5.64. The molecular formula is C12H16O3S. The van der Waals surface area contributed by atoms with Crippen LogP contribution in [0.25, 0.3) is 0 Å². The van der Waals surface area contributed by atoms with E-state index in [1.165, 1.54) is 0 Å². The van der Waals surface area contributed by atoms with Crippen molar-refractivity contribution in [3.63, 3.8) is 0 Å². The molecule has 3 nitrogen and oxygen atoms in total. The zero-order valence-electron chi connectivity index (χ0n) is 9.74. The SMILES string of the molecule is COc1ccc(C(=O)CCS)c(OC)c1C.